The van der Waals surface area contributed by atoms with E-state index in [9.17, 15) is 4.79 Å². The highest BCUT2D eigenvalue weighted by Crippen LogP contribution is 2.33. The Hall–Kier alpha value is -2.86. The fourth-order valence-corrected chi connectivity index (χ4v) is 4.60. The highest BCUT2D eigenvalue weighted by Gasteiger charge is 2.21. The summed E-state index contributed by atoms with van der Waals surface area (Å²) >= 11 is 6.08. The van der Waals surface area contributed by atoms with E-state index < -0.39 is 0 Å². The highest BCUT2D eigenvalue weighted by molar-refractivity contribution is 6.30. The van der Waals surface area contributed by atoms with E-state index in [1.54, 1.807) is 22.7 Å². The van der Waals surface area contributed by atoms with Crippen molar-refractivity contribution in [1.29, 1.82) is 0 Å². The van der Waals surface area contributed by atoms with E-state index in [-0.39, 0.29) is 5.91 Å². The number of amides is 1. The molecule has 4 aromatic rings. The molecule has 0 unspecified atom stereocenters. The number of pyridine rings is 1. The first-order valence-corrected chi connectivity index (χ1v) is 11.3. The molecule has 1 fully saturated rings. The number of aryl methyl sites for hydroxylation is 1. The van der Waals surface area contributed by atoms with Crippen LogP contribution in [-0.4, -0.2) is 20.3 Å². The number of carbonyl (C=O) groups excluding carboxylic acids is 1. The molecule has 6 nitrogen and oxygen atoms in total. The van der Waals surface area contributed by atoms with Crippen molar-refractivity contribution in [3.63, 3.8) is 0 Å². The van der Waals surface area contributed by atoms with Gasteiger partial charge in [-0.15, -0.1) is 0 Å². The smallest absolute Gasteiger partial charge is 0.270 e. The monoisotopic (exact) mass is 436 g/mol. The second kappa shape index (κ2) is 8.35. The van der Waals surface area contributed by atoms with Crippen molar-refractivity contribution in [2.75, 3.05) is 0 Å². The predicted molar refractivity (Wildman–Crippen MR) is 121 cm³/mol. The van der Waals surface area contributed by atoms with Crippen molar-refractivity contribution in [3.05, 3.63) is 64.4 Å². The van der Waals surface area contributed by atoms with Crippen molar-refractivity contribution in [2.24, 2.45) is 0 Å². The Bertz CT molecular complexity index is 1250. The molecule has 0 spiro atoms. The summed E-state index contributed by atoms with van der Waals surface area (Å²) in [5, 5.41) is 3.62. The highest BCUT2D eigenvalue weighted by atomic mass is 35.5. The molecule has 1 aromatic carbocycles. The van der Waals surface area contributed by atoms with Crippen molar-refractivity contribution >= 4 is 34.3 Å². The van der Waals surface area contributed by atoms with Crippen molar-refractivity contribution < 1.29 is 9.21 Å². The molecule has 3 heterocycles. The van der Waals surface area contributed by atoms with Gasteiger partial charge in [-0.05, 0) is 43.0 Å². The van der Waals surface area contributed by atoms with Crippen LogP contribution in [0.3, 0.4) is 0 Å². The summed E-state index contributed by atoms with van der Waals surface area (Å²) < 4.78 is 7.80. The van der Waals surface area contributed by atoms with Gasteiger partial charge >= 0.3 is 0 Å². The molecule has 1 amide bonds. The molecule has 1 N–H and O–H groups in total. The molecule has 0 saturated heterocycles. The third-order valence-electron chi connectivity index (χ3n) is 6.09. The number of aromatic nitrogens is 3. The van der Waals surface area contributed by atoms with E-state index in [0.717, 1.165) is 41.1 Å². The van der Waals surface area contributed by atoms with Crippen LogP contribution in [0.2, 0.25) is 5.02 Å². The number of benzene rings is 1. The number of hydrogen-bond acceptors (Lipinski definition) is 4. The van der Waals surface area contributed by atoms with Crippen LogP contribution in [0.25, 0.3) is 16.7 Å². The Morgan fingerprint density at radius 1 is 1.19 bits per heavy atom. The van der Waals surface area contributed by atoms with E-state index in [2.05, 4.69) is 10.3 Å². The first-order chi connectivity index (χ1) is 15.1. The Balaban J connectivity index is 1.35. The summed E-state index contributed by atoms with van der Waals surface area (Å²) in [4.78, 5) is 22.3. The van der Waals surface area contributed by atoms with Crippen LogP contribution in [0.15, 0.2) is 40.9 Å². The second-order valence-corrected chi connectivity index (χ2v) is 8.64. The molecule has 1 saturated carbocycles. The van der Waals surface area contributed by atoms with Crippen LogP contribution in [0.1, 0.15) is 72.6 Å². The van der Waals surface area contributed by atoms with Crippen molar-refractivity contribution in [3.8, 4) is 0 Å². The Kier molecular flexibility index (Phi) is 5.40. The van der Waals surface area contributed by atoms with Crippen LogP contribution >= 0.6 is 11.6 Å². The number of oxazole rings is 1. The zero-order valence-corrected chi connectivity index (χ0v) is 18.3. The average Bonchev–Trinajstić information content (AvgIpc) is 3.38. The Morgan fingerprint density at radius 3 is 2.84 bits per heavy atom. The van der Waals surface area contributed by atoms with Gasteiger partial charge in [0, 0.05) is 29.7 Å². The molecule has 0 radical (unpaired) electrons. The molecule has 7 heteroatoms. The lowest BCUT2D eigenvalue weighted by Crippen LogP contribution is -2.25. The first kappa shape index (κ1) is 20.1. The van der Waals surface area contributed by atoms with E-state index in [1.807, 2.05) is 25.1 Å². The number of nitrogens with zero attached hydrogens (tertiary/aromatic N) is 3. The lowest BCUT2D eigenvalue weighted by molar-refractivity contribution is 0.0944. The molecule has 0 aliphatic heterocycles. The van der Waals surface area contributed by atoms with Crippen molar-refractivity contribution in [2.45, 2.75) is 57.9 Å². The second-order valence-electron chi connectivity index (χ2n) is 8.21. The van der Waals surface area contributed by atoms with Crippen LogP contribution < -0.4 is 5.32 Å². The number of fused-ring (bicyclic) bond motifs is 2. The summed E-state index contributed by atoms with van der Waals surface area (Å²) in [6.45, 7) is 2.40. The number of imidazole rings is 1. The zero-order chi connectivity index (χ0) is 21.4. The van der Waals surface area contributed by atoms with Gasteiger partial charge in [0.05, 0.1) is 5.69 Å². The molecule has 1 aliphatic rings. The van der Waals surface area contributed by atoms with Gasteiger partial charge in [-0.2, -0.15) is 0 Å². The maximum absolute atomic E-state index is 13.0. The zero-order valence-electron chi connectivity index (χ0n) is 17.5. The normalized spacial score (nSPS) is 15.0. The summed E-state index contributed by atoms with van der Waals surface area (Å²) in [7, 11) is 0. The van der Waals surface area contributed by atoms with Crippen LogP contribution in [0, 0.1) is 0 Å². The minimum atomic E-state index is -0.158. The SMILES string of the molecule is CCc1nc2cc(Cl)ccn2c1C(=O)NCc1ccc2oc(C3CCCCC3)nc2c1. The predicted octanol–water partition coefficient (Wildman–Crippen LogP) is 5.67. The number of halogens is 1. The maximum Gasteiger partial charge on any atom is 0.270 e. The molecule has 31 heavy (non-hydrogen) atoms. The third kappa shape index (κ3) is 3.92. The number of nitrogens with one attached hydrogen (secondary N) is 1. The van der Waals surface area contributed by atoms with E-state index in [4.69, 9.17) is 21.0 Å². The largest absolute Gasteiger partial charge is 0.440 e. The summed E-state index contributed by atoms with van der Waals surface area (Å²) in [5.74, 6) is 1.13. The molecule has 1 aliphatic carbocycles. The molecule has 3 aromatic heterocycles. The van der Waals surface area contributed by atoms with E-state index in [0.29, 0.717) is 35.2 Å². The fourth-order valence-electron chi connectivity index (χ4n) is 4.45. The third-order valence-corrected chi connectivity index (χ3v) is 6.32. The molecule has 0 bridgehead atoms. The van der Waals surface area contributed by atoms with Gasteiger partial charge in [-0.3, -0.25) is 9.20 Å². The summed E-state index contributed by atoms with van der Waals surface area (Å²) in [6, 6.07) is 9.45. The van der Waals surface area contributed by atoms with Gasteiger partial charge in [0.15, 0.2) is 11.5 Å². The lowest BCUT2D eigenvalue weighted by atomic mass is 9.89. The van der Waals surface area contributed by atoms with Crippen LogP contribution in [0.5, 0.6) is 0 Å². The minimum absolute atomic E-state index is 0.158. The summed E-state index contributed by atoms with van der Waals surface area (Å²) in [6.07, 6.45) is 8.55. The van der Waals surface area contributed by atoms with Crippen LogP contribution in [0.4, 0.5) is 0 Å². The van der Waals surface area contributed by atoms with Gasteiger partial charge in [0.2, 0.25) is 0 Å². The fraction of sp³-hybridized carbons (Fsp3) is 0.375. The van der Waals surface area contributed by atoms with Crippen LogP contribution in [-0.2, 0) is 13.0 Å². The maximum atomic E-state index is 13.0. The first-order valence-electron chi connectivity index (χ1n) is 11.0. The molecule has 5 rings (SSSR count). The summed E-state index contributed by atoms with van der Waals surface area (Å²) in [5.41, 5.74) is 4.63. The average molecular weight is 437 g/mol. The minimum Gasteiger partial charge on any atom is -0.440 e. The Labute approximate surface area is 185 Å². The van der Waals surface area contributed by atoms with Gasteiger partial charge in [-0.1, -0.05) is 43.9 Å². The topological polar surface area (TPSA) is 72.4 Å². The van der Waals surface area contributed by atoms with Gasteiger partial charge < -0.3 is 9.73 Å². The molecular weight excluding hydrogens is 412 g/mol. The van der Waals surface area contributed by atoms with E-state index in [1.165, 1.54) is 19.3 Å². The quantitative estimate of drug-likeness (QED) is 0.437. The van der Waals surface area contributed by atoms with E-state index >= 15 is 0 Å². The Morgan fingerprint density at radius 2 is 2.03 bits per heavy atom. The number of carbonyl (C=O) groups is 1. The van der Waals surface area contributed by atoms with Gasteiger partial charge in [-0.25, -0.2) is 9.97 Å². The molecule has 0 atom stereocenters. The lowest BCUT2D eigenvalue weighted by Gasteiger charge is -2.17. The molecular formula is C24H25ClN4O2. The van der Waals surface area contributed by atoms with Crippen molar-refractivity contribution in [1.82, 2.24) is 19.7 Å². The van der Waals surface area contributed by atoms with Gasteiger partial charge in [0.1, 0.15) is 16.9 Å². The number of hydrogen-bond donors (Lipinski definition) is 1. The standard InChI is InChI=1S/C24H25ClN4O2/c1-2-18-22(29-11-10-17(25)13-21(29)27-18)23(30)26-14-15-8-9-20-19(12-15)28-24(31-20)16-6-4-3-5-7-16/h8-13,16H,2-7,14H2,1H3,(H,26,30). The molecule has 160 valence electrons. The van der Waals surface area contributed by atoms with Gasteiger partial charge in [0.25, 0.3) is 5.91 Å². The number of rotatable bonds is 5.